The minimum atomic E-state index is 0.0388. The van der Waals surface area contributed by atoms with Crippen LogP contribution in [-0.2, 0) is 9.53 Å². The maximum absolute atomic E-state index is 11.1. The standard InChI is InChI=1S/C9H15NO2/c1-12-5-8(11)10-9-6-3-2-4-7(6)9/h6-7,9H,2-5H2,1H3,(H,10,11). The molecule has 0 bridgehead atoms. The van der Waals surface area contributed by atoms with E-state index in [1.807, 2.05) is 0 Å². The molecule has 2 saturated carbocycles. The van der Waals surface area contributed by atoms with Crippen molar-refractivity contribution in [3.63, 3.8) is 0 Å². The molecule has 0 aromatic carbocycles. The third-order valence-electron chi connectivity index (χ3n) is 3.01. The van der Waals surface area contributed by atoms with Crippen molar-refractivity contribution in [2.45, 2.75) is 25.3 Å². The summed E-state index contributed by atoms with van der Waals surface area (Å²) in [6, 6.07) is 0.487. The van der Waals surface area contributed by atoms with Gasteiger partial charge in [0.1, 0.15) is 6.61 Å². The number of fused-ring (bicyclic) bond motifs is 1. The van der Waals surface area contributed by atoms with E-state index in [-0.39, 0.29) is 12.5 Å². The van der Waals surface area contributed by atoms with Crippen LogP contribution in [0.4, 0.5) is 0 Å². The van der Waals surface area contributed by atoms with Crippen molar-refractivity contribution in [3.05, 3.63) is 0 Å². The van der Waals surface area contributed by atoms with Crippen LogP contribution in [-0.4, -0.2) is 25.7 Å². The van der Waals surface area contributed by atoms with Crippen LogP contribution in [0.5, 0.6) is 0 Å². The molecule has 1 N–H and O–H groups in total. The third-order valence-corrected chi connectivity index (χ3v) is 3.01. The summed E-state index contributed by atoms with van der Waals surface area (Å²) in [7, 11) is 1.55. The van der Waals surface area contributed by atoms with Crippen molar-refractivity contribution >= 4 is 5.91 Å². The minimum Gasteiger partial charge on any atom is -0.375 e. The number of methoxy groups -OCH3 is 1. The van der Waals surface area contributed by atoms with Gasteiger partial charge in [-0.15, -0.1) is 0 Å². The second-order valence-corrected chi connectivity index (χ2v) is 3.78. The number of ether oxygens (including phenoxy) is 1. The fraction of sp³-hybridized carbons (Fsp3) is 0.889. The van der Waals surface area contributed by atoms with Gasteiger partial charge >= 0.3 is 0 Å². The van der Waals surface area contributed by atoms with E-state index in [2.05, 4.69) is 5.32 Å². The first-order valence-corrected chi connectivity index (χ1v) is 4.61. The average molecular weight is 169 g/mol. The first-order chi connectivity index (χ1) is 5.83. The lowest BCUT2D eigenvalue weighted by molar-refractivity contribution is -0.125. The molecular formula is C9H15NO2. The summed E-state index contributed by atoms with van der Waals surface area (Å²) in [4.78, 5) is 11.1. The fourth-order valence-corrected chi connectivity index (χ4v) is 2.39. The van der Waals surface area contributed by atoms with Crippen molar-refractivity contribution in [2.24, 2.45) is 11.8 Å². The molecule has 2 aliphatic carbocycles. The molecule has 0 aromatic heterocycles. The zero-order valence-corrected chi connectivity index (χ0v) is 7.38. The molecule has 3 nitrogen and oxygen atoms in total. The summed E-state index contributed by atoms with van der Waals surface area (Å²) < 4.78 is 4.74. The van der Waals surface area contributed by atoms with Gasteiger partial charge in [-0.25, -0.2) is 0 Å². The number of hydrogen-bond acceptors (Lipinski definition) is 2. The van der Waals surface area contributed by atoms with Gasteiger partial charge in [-0.05, 0) is 24.7 Å². The molecular weight excluding hydrogens is 154 g/mol. The molecule has 0 aliphatic heterocycles. The van der Waals surface area contributed by atoms with E-state index in [9.17, 15) is 4.79 Å². The summed E-state index contributed by atoms with van der Waals surface area (Å²) >= 11 is 0. The molecule has 1 amide bonds. The predicted molar refractivity (Wildman–Crippen MR) is 44.6 cm³/mol. The molecule has 0 aromatic rings. The van der Waals surface area contributed by atoms with Crippen LogP contribution in [0.2, 0.25) is 0 Å². The smallest absolute Gasteiger partial charge is 0.246 e. The number of carbonyl (C=O) groups is 1. The maximum Gasteiger partial charge on any atom is 0.246 e. The predicted octanol–water partition coefficient (Wildman–Crippen LogP) is 0.547. The van der Waals surface area contributed by atoms with Gasteiger partial charge in [-0.3, -0.25) is 4.79 Å². The van der Waals surface area contributed by atoms with Gasteiger partial charge in [0.25, 0.3) is 0 Å². The molecule has 2 aliphatic rings. The summed E-state index contributed by atoms with van der Waals surface area (Å²) in [6.07, 6.45) is 3.97. The Kier molecular flexibility index (Phi) is 2.05. The van der Waals surface area contributed by atoms with Gasteiger partial charge in [0.15, 0.2) is 0 Å². The van der Waals surface area contributed by atoms with Gasteiger partial charge in [-0.1, -0.05) is 6.42 Å². The van der Waals surface area contributed by atoms with E-state index in [1.54, 1.807) is 7.11 Å². The molecule has 0 radical (unpaired) electrons. The van der Waals surface area contributed by atoms with Crippen molar-refractivity contribution < 1.29 is 9.53 Å². The van der Waals surface area contributed by atoms with Crippen molar-refractivity contribution in [3.8, 4) is 0 Å². The number of nitrogens with one attached hydrogen (secondary N) is 1. The molecule has 68 valence electrons. The van der Waals surface area contributed by atoms with E-state index in [4.69, 9.17) is 4.74 Å². The van der Waals surface area contributed by atoms with Gasteiger partial charge in [0.2, 0.25) is 5.91 Å². The Morgan fingerprint density at radius 2 is 2.17 bits per heavy atom. The highest BCUT2D eigenvalue weighted by Crippen LogP contribution is 2.51. The number of amides is 1. The van der Waals surface area contributed by atoms with Gasteiger partial charge in [0.05, 0.1) is 0 Å². The Hall–Kier alpha value is -0.570. The molecule has 0 saturated heterocycles. The van der Waals surface area contributed by atoms with E-state index >= 15 is 0 Å². The topological polar surface area (TPSA) is 38.3 Å². The Labute approximate surface area is 72.5 Å². The molecule has 0 spiro atoms. The molecule has 2 rings (SSSR count). The number of hydrogen-bond donors (Lipinski definition) is 1. The first kappa shape index (κ1) is 8.05. The Balaban J connectivity index is 1.72. The highest BCUT2D eigenvalue weighted by atomic mass is 16.5. The third kappa shape index (κ3) is 1.33. The molecule has 12 heavy (non-hydrogen) atoms. The van der Waals surface area contributed by atoms with Gasteiger partial charge in [0, 0.05) is 13.2 Å². The van der Waals surface area contributed by atoms with E-state index < -0.39 is 0 Å². The van der Waals surface area contributed by atoms with Crippen LogP contribution < -0.4 is 5.32 Å². The maximum atomic E-state index is 11.1. The van der Waals surface area contributed by atoms with Crippen LogP contribution >= 0.6 is 0 Å². The normalized spacial score (nSPS) is 37.6. The zero-order chi connectivity index (χ0) is 8.55. The minimum absolute atomic E-state index is 0.0388. The van der Waals surface area contributed by atoms with Crippen LogP contribution in [0.3, 0.4) is 0 Å². The summed E-state index contributed by atoms with van der Waals surface area (Å²) in [6.45, 7) is 0.204. The quantitative estimate of drug-likeness (QED) is 0.670. The monoisotopic (exact) mass is 169 g/mol. The second-order valence-electron chi connectivity index (χ2n) is 3.78. The molecule has 0 heterocycles. The van der Waals surface area contributed by atoms with Crippen LogP contribution in [0.15, 0.2) is 0 Å². The SMILES string of the molecule is COCC(=O)NC1C2CCCC21. The largest absolute Gasteiger partial charge is 0.375 e. The Morgan fingerprint density at radius 3 is 2.75 bits per heavy atom. The Bertz CT molecular complexity index is 183. The molecule has 2 unspecified atom stereocenters. The first-order valence-electron chi connectivity index (χ1n) is 4.61. The highest BCUT2D eigenvalue weighted by molar-refractivity contribution is 5.78. The van der Waals surface area contributed by atoms with Gasteiger partial charge in [-0.2, -0.15) is 0 Å². The van der Waals surface area contributed by atoms with Gasteiger partial charge < -0.3 is 10.1 Å². The zero-order valence-electron chi connectivity index (χ0n) is 7.38. The van der Waals surface area contributed by atoms with Crippen LogP contribution in [0, 0.1) is 11.8 Å². The number of rotatable bonds is 3. The fourth-order valence-electron chi connectivity index (χ4n) is 2.39. The molecule has 2 atom stereocenters. The lowest BCUT2D eigenvalue weighted by Crippen LogP contribution is -2.31. The Morgan fingerprint density at radius 1 is 1.50 bits per heavy atom. The van der Waals surface area contributed by atoms with Crippen molar-refractivity contribution in [1.82, 2.24) is 5.32 Å². The summed E-state index contributed by atoms with van der Waals surface area (Å²) in [5, 5.41) is 2.99. The second kappa shape index (κ2) is 3.05. The highest BCUT2D eigenvalue weighted by Gasteiger charge is 2.53. The lowest BCUT2D eigenvalue weighted by atomic mass is 10.2. The summed E-state index contributed by atoms with van der Waals surface area (Å²) in [5.41, 5.74) is 0. The molecule has 3 heteroatoms. The van der Waals surface area contributed by atoms with Crippen LogP contribution in [0.1, 0.15) is 19.3 Å². The number of carbonyl (C=O) groups excluding carboxylic acids is 1. The van der Waals surface area contributed by atoms with Crippen LogP contribution in [0.25, 0.3) is 0 Å². The van der Waals surface area contributed by atoms with E-state index in [1.165, 1.54) is 19.3 Å². The molecule has 2 fully saturated rings. The lowest BCUT2D eigenvalue weighted by Gasteiger charge is -2.05. The summed E-state index contributed by atoms with van der Waals surface area (Å²) in [5.74, 6) is 1.63. The van der Waals surface area contributed by atoms with E-state index in [0.717, 1.165) is 11.8 Å². The average Bonchev–Trinajstić information content (AvgIpc) is 2.51. The van der Waals surface area contributed by atoms with Crippen molar-refractivity contribution in [1.29, 1.82) is 0 Å². The van der Waals surface area contributed by atoms with Crippen molar-refractivity contribution in [2.75, 3.05) is 13.7 Å². The van der Waals surface area contributed by atoms with E-state index in [0.29, 0.717) is 6.04 Å².